The van der Waals surface area contributed by atoms with Crippen molar-refractivity contribution in [2.75, 3.05) is 0 Å². The molecule has 2 aliphatic rings. The van der Waals surface area contributed by atoms with Crippen LogP contribution in [0.3, 0.4) is 0 Å². The predicted octanol–water partition coefficient (Wildman–Crippen LogP) is -2.20. The molecular formula is C11H16N2NaO3+. The van der Waals surface area contributed by atoms with Crippen molar-refractivity contribution in [1.29, 1.82) is 0 Å². The summed E-state index contributed by atoms with van der Waals surface area (Å²) in [6, 6.07) is -0.701. The molecule has 0 aromatic carbocycles. The summed E-state index contributed by atoms with van der Waals surface area (Å²) in [6.45, 7) is 3.96. The van der Waals surface area contributed by atoms with Gasteiger partial charge in [0.05, 0.1) is 0 Å². The van der Waals surface area contributed by atoms with Crippen molar-refractivity contribution in [2.24, 2.45) is 17.3 Å². The molecule has 1 spiro atoms. The Balaban J connectivity index is 0.00000144. The third-order valence-electron chi connectivity index (χ3n) is 3.98. The molecule has 2 atom stereocenters. The van der Waals surface area contributed by atoms with Crippen molar-refractivity contribution in [3.63, 3.8) is 0 Å². The van der Waals surface area contributed by atoms with Crippen LogP contribution < -0.4 is 40.2 Å². The predicted molar refractivity (Wildman–Crippen MR) is 56.3 cm³/mol. The number of carbonyl (C=O) groups is 3. The number of rotatable bonds is 1. The van der Waals surface area contributed by atoms with E-state index < -0.39 is 23.3 Å². The maximum Gasteiger partial charge on any atom is 1.00 e. The zero-order valence-electron chi connectivity index (χ0n) is 10.5. The maximum absolute atomic E-state index is 11.9. The minimum absolute atomic E-state index is 0. The zero-order chi connectivity index (χ0) is 11.9. The number of amides is 4. The first-order valence-corrected chi connectivity index (χ1v) is 5.67. The second kappa shape index (κ2) is 5.08. The van der Waals surface area contributed by atoms with Crippen LogP contribution in [0, 0.1) is 17.3 Å². The Morgan fingerprint density at radius 2 is 1.76 bits per heavy atom. The van der Waals surface area contributed by atoms with E-state index in [1.54, 1.807) is 0 Å². The van der Waals surface area contributed by atoms with Gasteiger partial charge in [0.2, 0.25) is 11.8 Å². The number of carbonyl (C=O) groups excluding carboxylic acids is 3. The monoisotopic (exact) mass is 247 g/mol. The van der Waals surface area contributed by atoms with Crippen molar-refractivity contribution < 1.29 is 43.9 Å². The van der Waals surface area contributed by atoms with Gasteiger partial charge >= 0.3 is 35.6 Å². The summed E-state index contributed by atoms with van der Waals surface area (Å²) in [4.78, 5) is 34.9. The maximum atomic E-state index is 11.9. The first kappa shape index (κ1) is 14.7. The van der Waals surface area contributed by atoms with Gasteiger partial charge in [-0.05, 0) is 24.7 Å². The molecule has 2 rings (SSSR count). The Morgan fingerprint density at radius 1 is 1.24 bits per heavy atom. The molecule has 1 saturated carbocycles. The first-order valence-electron chi connectivity index (χ1n) is 5.67. The van der Waals surface area contributed by atoms with E-state index in [-0.39, 0.29) is 35.5 Å². The van der Waals surface area contributed by atoms with E-state index in [0.29, 0.717) is 12.3 Å². The molecule has 17 heavy (non-hydrogen) atoms. The Bertz CT molecular complexity index is 350. The van der Waals surface area contributed by atoms with E-state index >= 15 is 0 Å². The Morgan fingerprint density at radius 3 is 2.18 bits per heavy atom. The van der Waals surface area contributed by atoms with Crippen LogP contribution >= 0.6 is 0 Å². The van der Waals surface area contributed by atoms with Crippen LogP contribution in [-0.4, -0.2) is 17.8 Å². The van der Waals surface area contributed by atoms with Crippen molar-refractivity contribution in [2.45, 2.75) is 33.1 Å². The molecule has 1 aliphatic carbocycles. The van der Waals surface area contributed by atoms with Crippen LogP contribution in [0.1, 0.15) is 33.1 Å². The summed E-state index contributed by atoms with van der Waals surface area (Å²) in [5.41, 5.74) is -1.02. The molecule has 6 heteroatoms. The van der Waals surface area contributed by atoms with E-state index in [1.165, 1.54) is 0 Å². The summed E-state index contributed by atoms with van der Waals surface area (Å²) >= 11 is 0. The van der Waals surface area contributed by atoms with Crippen molar-refractivity contribution in [3.05, 3.63) is 0 Å². The van der Waals surface area contributed by atoms with Gasteiger partial charge in [0.25, 0.3) is 0 Å². The minimum Gasteiger partial charge on any atom is -0.277 e. The normalized spacial score (nSPS) is 30.8. The fourth-order valence-corrected chi connectivity index (χ4v) is 2.95. The first-order chi connectivity index (χ1) is 7.50. The summed E-state index contributed by atoms with van der Waals surface area (Å²) in [5, 5.41) is 4.42. The number of hydrogen-bond acceptors (Lipinski definition) is 3. The van der Waals surface area contributed by atoms with E-state index in [0.717, 1.165) is 12.8 Å². The summed E-state index contributed by atoms with van der Waals surface area (Å²) in [6.07, 6.45) is 2.38. The van der Waals surface area contributed by atoms with Crippen LogP contribution in [0.4, 0.5) is 4.79 Å². The van der Waals surface area contributed by atoms with Crippen LogP contribution in [0.5, 0.6) is 0 Å². The van der Waals surface area contributed by atoms with Crippen LogP contribution in [0.2, 0.25) is 0 Å². The third kappa shape index (κ3) is 2.16. The zero-order valence-corrected chi connectivity index (χ0v) is 12.5. The van der Waals surface area contributed by atoms with Gasteiger partial charge in [-0.25, -0.2) is 4.79 Å². The molecule has 1 saturated heterocycles. The van der Waals surface area contributed by atoms with Crippen LogP contribution in [0.25, 0.3) is 0 Å². The second-order valence-electron chi connectivity index (χ2n) is 4.82. The van der Waals surface area contributed by atoms with Gasteiger partial charge in [-0.15, -0.1) is 0 Å². The number of nitrogens with one attached hydrogen (secondary N) is 2. The van der Waals surface area contributed by atoms with Crippen LogP contribution in [-0.2, 0) is 9.59 Å². The van der Waals surface area contributed by atoms with Gasteiger partial charge < -0.3 is 0 Å². The summed E-state index contributed by atoms with van der Waals surface area (Å²) in [7, 11) is 0. The van der Waals surface area contributed by atoms with Crippen LogP contribution in [0.15, 0.2) is 0 Å². The van der Waals surface area contributed by atoms with E-state index in [2.05, 4.69) is 17.6 Å². The van der Waals surface area contributed by atoms with Gasteiger partial charge in [0.15, 0.2) is 0 Å². The molecule has 0 aromatic heterocycles. The molecule has 88 valence electrons. The van der Waals surface area contributed by atoms with Gasteiger partial charge in [-0.1, -0.05) is 20.3 Å². The van der Waals surface area contributed by atoms with Gasteiger partial charge in [-0.2, -0.15) is 0 Å². The Kier molecular flexibility index (Phi) is 4.38. The topological polar surface area (TPSA) is 75.3 Å². The fourth-order valence-electron chi connectivity index (χ4n) is 2.95. The second-order valence-corrected chi connectivity index (χ2v) is 4.82. The molecule has 4 amide bonds. The standard InChI is InChI=1S/C11H16N2O3.Na/c1-3-7-4-6(2)11(5-7)8(14)12-10(16)13-9(11)15;/h6-7H,3-5H2,1-2H3,(H2,12,13,14,15,16);/q;+1. The van der Waals surface area contributed by atoms with Gasteiger partial charge in [0.1, 0.15) is 5.41 Å². The number of barbiturate groups is 1. The minimum atomic E-state index is -1.02. The van der Waals surface area contributed by atoms with E-state index in [1.807, 2.05) is 6.92 Å². The molecule has 2 fully saturated rings. The molecule has 1 heterocycles. The molecule has 2 N–H and O–H groups in total. The fraction of sp³-hybridized carbons (Fsp3) is 0.727. The van der Waals surface area contributed by atoms with Gasteiger partial charge in [-0.3, -0.25) is 20.2 Å². The Labute approximate surface area is 122 Å². The largest absolute Gasteiger partial charge is 1.00 e. The summed E-state index contributed by atoms with van der Waals surface area (Å²) in [5.74, 6) is -0.473. The molecule has 0 radical (unpaired) electrons. The molecule has 2 unspecified atom stereocenters. The number of urea groups is 1. The molecular weight excluding hydrogens is 231 g/mol. The molecule has 0 bridgehead atoms. The van der Waals surface area contributed by atoms with Crippen molar-refractivity contribution in [1.82, 2.24) is 10.6 Å². The smallest absolute Gasteiger partial charge is 0.277 e. The number of hydrogen-bond donors (Lipinski definition) is 2. The molecule has 0 aromatic rings. The molecule has 1 aliphatic heterocycles. The third-order valence-corrected chi connectivity index (χ3v) is 3.98. The van der Waals surface area contributed by atoms with Crippen molar-refractivity contribution in [3.8, 4) is 0 Å². The average molecular weight is 247 g/mol. The quantitative estimate of drug-likeness (QED) is 0.408. The Hall–Kier alpha value is -0.390. The molecule has 5 nitrogen and oxygen atoms in total. The van der Waals surface area contributed by atoms with Crippen molar-refractivity contribution >= 4 is 17.8 Å². The summed E-state index contributed by atoms with van der Waals surface area (Å²) < 4.78 is 0. The van der Waals surface area contributed by atoms with E-state index in [9.17, 15) is 14.4 Å². The average Bonchev–Trinajstić information content (AvgIpc) is 2.54. The van der Waals surface area contributed by atoms with E-state index in [4.69, 9.17) is 0 Å². The SMILES string of the molecule is CCC1CC(C)C2(C1)C(=O)NC(=O)NC2=O.[Na+]. The number of imide groups is 2. The van der Waals surface area contributed by atoms with Gasteiger partial charge in [0, 0.05) is 0 Å².